The summed E-state index contributed by atoms with van der Waals surface area (Å²) in [5, 5.41) is 18.3. The summed E-state index contributed by atoms with van der Waals surface area (Å²) in [6, 6.07) is 12.6. The van der Waals surface area contributed by atoms with Crippen molar-refractivity contribution in [3.8, 4) is 11.3 Å². The Labute approximate surface area is 251 Å². The lowest BCUT2D eigenvalue weighted by Crippen LogP contribution is -2.33. The first-order chi connectivity index (χ1) is 20.6. The van der Waals surface area contributed by atoms with Crippen LogP contribution < -0.4 is 4.90 Å². The van der Waals surface area contributed by atoms with Crippen molar-refractivity contribution >= 4 is 33.6 Å². The zero-order valence-corrected chi connectivity index (χ0v) is 25.7. The summed E-state index contributed by atoms with van der Waals surface area (Å²) in [6.45, 7) is 9.20. The molecule has 2 aliphatic rings. The predicted molar refractivity (Wildman–Crippen MR) is 168 cm³/mol. The number of anilines is 1. The fraction of sp³-hybridized carbons (Fsp3) is 0.455. The molecule has 0 amide bonds. The van der Waals surface area contributed by atoms with E-state index in [2.05, 4.69) is 66.7 Å². The van der Waals surface area contributed by atoms with Gasteiger partial charge in [0.1, 0.15) is 11.3 Å². The Bertz CT molecular complexity index is 1820. The smallest absolute Gasteiger partial charge is 0.419 e. The molecule has 0 radical (unpaired) electrons. The molecule has 0 atom stereocenters. The van der Waals surface area contributed by atoms with E-state index in [1.165, 1.54) is 25.7 Å². The Balaban J connectivity index is 1.19. The van der Waals surface area contributed by atoms with Gasteiger partial charge < -0.3 is 9.64 Å². The fourth-order valence-corrected chi connectivity index (χ4v) is 6.71. The summed E-state index contributed by atoms with van der Waals surface area (Å²) < 4.78 is 9.53. The Kier molecular flexibility index (Phi) is 6.57. The number of nitrogens with one attached hydrogen (secondary N) is 1. The number of carbonyl (C=O) groups excluding carboxylic acids is 1. The van der Waals surface area contributed by atoms with Gasteiger partial charge in [0.15, 0.2) is 0 Å². The molecular weight excluding hydrogens is 540 g/mol. The summed E-state index contributed by atoms with van der Waals surface area (Å²) in [5.41, 5.74) is 6.56. The lowest BCUT2D eigenvalue weighted by atomic mass is 9.68. The van der Waals surface area contributed by atoms with Gasteiger partial charge in [-0.3, -0.25) is 10.00 Å². The van der Waals surface area contributed by atoms with Crippen molar-refractivity contribution in [2.24, 2.45) is 5.41 Å². The van der Waals surface area contributed by atoms with Crippen molar-refractivity contribution < 1.29 is 9.53 Å². The third-order valence-electron chi connectivity index (χ3n) is 9.06. The molecular formula is C33H40N8O2. The molecule has 10 heteroatoms. The molecule has 1 aliphatic heterocycles. The van der Waals surface area contributed by atoms with E-state index in [1.54, 1.807) is 4.57 Å². The molecule has 2 fully saturated rings. The molecule has 1 aliphatic carbocycles. The van der Waals surface area contributed by atoms with Crippen molar-refractivity contribution in [1.82, 2.24) is 34.7 Å². The van der Waals surface area contributed by atoms with Crippen LogP contribution in [-0.2, 0) is 17.8 Å². The first-order valence-corrected chi connectivity index (χ1v) is 15.2. The number of ether oxygens (including phenoxy) is 1. The van der Waals surface area contributed by atoms with E-state index < -0.39 is 5.60 Å². The van der Waals surface area contributed by atoms with Crippen LogP contribution in [0.15, 0.2) is 48.8 Å². The minimum absolute atomic E-state index is 0.333. The molecule has 224 valence electrons. The average molecular weight is 581 g/mol. The Morgan fingerprint density at radius 2 is 1.93 bits per heavy atom. The van der Waals surface area contributed by atoms with Crippen LogP contribution in [0.3, 0.4) is 0 Å². The van der Waals surface area contributed by atoms with E-state index in [4.69, 9.17) is 4.74 Å². The lowest BCUT2D eigenvalue weighted by molar-refractivity contribution is 0.0536. The third-order valence-corrected chi connectivity index (χ3v) is 9.06. The minimum Gasteiger partial charge on any atom is -0.443 e. The zero-order chi connectivity index (χ0) is 29.9. The van der Waals surface area contributed by atoms with Crippen LogP contribution >= 0.6 is 0 Å². The molecule has 10 nitrogen and oxygen atoms in total. The number of hydrogen-bond donors (Lipinski definition) is 1. The Morgan fingerprint density at radius 1 is 1.09 bits per heavy atom. The number of hydrogen-bond acceptors (Lipinski definition) is 7. The summed E-state index contributed by atoms with van der Waals surface area (Å²) in [7, 11) is 4.03. The molecule has 3 aromatic heterocycles. The number of carbonyl (C=O) groups is 1. The SMILES string of the molecule is CN(C)c1cc(-c2cn(Cc3ccc4cc(CN5CCC6(CCC6)C5)n(C(=O)OC(C)(C)C)c4c3)nn2)c2cn[nH]c2c1. The maximum absolute atomic E-state index is 13.6. The van der Waals surface area contributed by atoms with Gasteiger partial charge in [-0.15, -0.1) is 5.10 Å². The Hall–Kier alpha value is -4.18. The summed E-state index contributed by atoms with van der Waals surface area (Å²) in [5.74, 6) is 0. The molecule has 0 bridgehead atoms. The van der Waals surface area contributed by atoms with Gasteiger partial charge in [0.05, 0.1) is 30.0 Å². The number of nitrogens with zero attached hydrogens (tertiary/aromatic N) is 7. The van der Waals surface area contributed by atoms with Gasteiger partial charge in [-0.25, -0.2) is 14.0 Å². The lowest BCUT2D eigenvalue weighted by Gasteiger charge is -2.38. The molecule has 1 N–H and O–H groups in total. The molecule has 4 heterocycles. The molecule has 2 aromatic carbocycles. The van der Waals surface area contributed by atoms with Gasteiger partial charge in [0, 0.05) is 54.9 Å². The van der Waals surface area contributed by atoms with Crippen LogP contribution in [0.2, 0.25) is 0 Å². The third kappa shape index (κ3) is 5.29. The van der Waals surface area contributed by atoms with E-state index in [9.17, 15) is 4.79 Å². The van der Waals surface area contributed by atoms with E-state index in [-0.39, 0.29) is 6.09 Å². The molecule has 43 heavy (non-hydrogen) atoms. The maximum atomic E-state index is 13.6. The second-order valence-corrected chi connectivity index (χ2v) is 13.7. The molecule has 1 saturated heterocycles. The summed E-state index contributed by atoms with van der Waals surface area (Å²) in [4.78, 5) is 18.2. The van der Waals surface area contributed by atoms with Gasteiger partial charge in [-0.1, -0.05) is 23.8 Å². The standard InChI is InChI=1S/C33H40N8O2/c1-32(2,3)43-31(42)41-25(19-39-12-11-33(21-39)9-6-10-33)14-23-8-7-22(13-30(23)41)18-40-20-29(36-37-40)26-15-24(38(4)5)16-28-27(26)17-34-35-28/h7-8,13-17,20H,6,9-12,18-19,21H2,1-5H3,(H,34,35). The second-order valence-electron chi connectivity index (χ2n) is 13.7. The monoisotopic (exact) mass is 580 g/mol. The van der Waals surface area contributed by atoms with E-state index in [0.29, 0.717) is 12.0 Å². The highest BCUT2D eigenvalue weighted by Gasteiger charge is 2.42. The van der Waals surface area contributed by atoms with Gasteiger partial charge in [-0.05, 0) is 81.8 Å². The first-order valence-electron chi connectivity index (χ1n) is 15.2. The molecule has 5 aromatic rings. The maximum Gasteiger partial charge on any atom is 0.419 e. The fourth-order valence-electron chi connectivity index (χ4n) is 6.71. The average Bonchev–Trinajstić information content (AvgIpc) is 3.72. The molecule has 1 saturated carbocycles. The van der Waals surface area contributed by atoms with Crippen molar-refractivity contribution in [3.05, 3.63) is 60.0 Å². The summed E-state index contributed by atoms with van der Waals surface area (Å²) in [6.07, 6.45) is 8.73. The van der Waals surface area contributed by atoms with E-state index in [0.717, 1.165) is 69.6 Å². The number of likely N-dealkylation sites (tertiary alicyclic amines) is 1. The van der Waals surface area contributed by atoms with Gasteiger partial charge in [-0.2, -0.15) is 5.10 Å². The van der Waals surface area contributed by atoms with Crippen LogP contribution in [0.5, 0.6) is 0 Å². The number of fused-ring (bicyclic) bond motifs is 2. The van der Waals surface area contributed by atoms with Crippen LogP contribution in [0.4, 0.5) is 10.5 Å². The van der Waals surface area contributed by atoms with Gasteiger partial charge >= 0.3 is 6.09 Å². The van der Waals surface area contributed by atoms with Gasteiger partial charge in [0.25, 0.3) is 0 Å². The van der Waals surface area contributed by atoms with Crippen LogP contribution in [0.25, 0.3) is 33.1 Å². The highest BCUT2D eigenvalue weighted by molar-refractivity contribution is 5.96. The number of benzene rings is 2. The minimum atomic E-state index is -0.590. The number of rotatable bonds is 6. The number of aromatic amines is 1. The highest BCUT2D eigenvalue weighted by Crippen LogP contribution is 2.48. The number of aromatic nitrogens is 6. The molecule has 1 spiro atoms. The van der Waals surface area contributed by atoms with Crippen molar-refractivity contribution in [3.63, 3.8) is 0 Å². The molecule has 0 unspecified atom stereocenters. The quantitative estimate of drug-likeness (QED) is 0.261. The van der Waals surface area contributed by atoms with Crippen molar-refractivity contribution in [2.75, 3.05) is 32.1 Å². The number of H-pyrrole nitrogens is 1. The normalized spacial score (nSPS) is 16.8. The highest BCUT2D eigenvalue weighted by atomic mass is 16.6. The topological polar surface area (TPSA) is 97.1 Å². The van der Waals surface area contributed by atoms with Crippen LogP contribution in [0.1, 0.15) is 57.7 Å². The molecule has 7 rings (SSSR count). The van der Waals surface area contributed by atoms with Crippen LogP contribution in [-0.4, -0.2) is 73.5 Å². The second kappa shape index (κ2) is 10.2. The Morgan fingerprint density at radius 3 is 2.65 bits per heavy atom. The predicted octanol–water partition coefficient (Wildman–Crippen LogP) is 6.05. The van der Waals surface area contributed by atoms with Crippen LogP contribution in [0, 0.1) is 5.41 Å². The van der Waals surface area contributed by atoms with Gasteiger partial charge in [0.2, 0.25) is 0 Å². The zero-order valence-electron chi connectivity index (χ0n) is 25.7. The first kappa shape index (κ1) is 27.6. The van der Waals surface area contributed by atoms with Crippen molar-refractivity contribution in [2.45, 2.75) is 65.1 Å². The van der Waals surface area contributed by atoms with E-state index in [1.807, 2.05) is 51.9 Å². The van der Waals surface area contributed by atoms with Crippen molar-refractivity contribution in [1.29, 1.82) is 0 Å². The summed E-state index contributed by atoms with van der Waals surface area (Å²) >= 11 is 0. The van der Waals surface area contributed by atoms with E-state index >= 15 is 0 Å². The largest absolute Gasteiger partial charge is 0.443 e.